The number of benzene rings is 1. The van der Waals surface area contributed by atoms with Crippen LogP contribution >= 0.6 is 11.3 Å². The van der Waals surface area contributed by atoms with Crippen LogP contribution in [0.2, 0.25) is 0 Å². The van der Waals surface area contributed by atoms with Gasteiger partial charge in [-0.25, -0.2) is 13.8 Å². The van der Waals surface area contributed by atoms with Crippen molar-refractivity contribution >= 4 is 32.6 Å². The first kappa shape index (κ1) is 15.3. The Morgan fingerprint density at radius 2 is 2.14 bits per heavy atom. The molecule has 3 N–H and O–H groups in total. The Morgan fingerprint density at radius 1 is 1.41 bits per heavy atom. The number of nitrogens with zero attached hydrogens (tertiary/aromatic N) is 1. The Balaban J connectivity index is 1.82. The van der Waals surface area contributed by atoms with Gasteiger partial charge in [-0.1, -0.05) is 24.2 Å². The second-order valence-electron chi connectivity index (χ2n) is 6.05. The lowest BCUT2D eigenvalue weighted by molar-refractivity contribution is -0.122. The first-order valence-corrected chi connectivity index (χ1v) is 8.04. The second kappa shape index (κ2) is 5.55. The summed E-state index contributed by atoms with van der Waals surface area (Å²) in [5, 5.41) is 3.08. The van der Waals surface area contributed by atoms with E-state index in [-0.39, 0.29) is 11.8 Å². The lowest BCUT2D eigenvalue weighted by Crippen LogP contribution is -2.51. The van der Waals surface area contributed by atoms with E-state index >= 15 is 0 Å². The molecule has 1 aliphatic carbocycles. The minimum Gasteiger partial charge on any atom is -0.325 e. The van der Waals surface area contributed by atoms with Crippen LogP contribution in [0.3, 0.4) is 0 Å². The maximum atomic E-state index is 13.2. The van der Waals surface area contributed by atoms with Gasteiger partial charge in [0.2, 0.25) is 5.91 Å². The van der Waals surface area contributed by atoms with E-state index in [1.807, 2.05) is 6.92 Å². The highest BCUT2D eigenvalue weighted by Crippen LogP contribution is 2.34. The number of carbonyl (C=O) groups is 1. The highest BCUT2D eigenvalue weighted by molar-refractivity contribution is 7.22. The van der Waals surface area contributed by atoms with Gasteiger partial charge in [-0.2, -0.15) is 0 Å². The van der Waals surface area contributed by atoms with E-state index in [0.29, 0.717) is 15.3 Å². The normalized spacial score (nSPS) is 25.4. The molecule has 1 heterocycles. The number of carbonyl (C=O) groups excluding carboxylic acids is 1. The molecule has 4 nitrogen and oxygen atoms in total. The van der Waals surface area contributed by atoms with Crippen LogP contribution in [0.5, 0.6) is 0 Å². The van der Waals surface area contributed by atoms with E-state index in [0.717, 1.165) is 49.2 Å². The van der Waals surface area contributed by atoms with Gasteiger partial charge in [-0.15, -0.1) is 0 Å². The molecule has 1 fully saturated rings. The molecule has 22 heavy (non-hydrogen) atoms. The van der Waals surface area contributed by atoms with Crippen molar-refractivity contribution in [2.45, 2.75) is 38.1 Å². The Kier molecular flexibility index (Phi) is 3.86. The number of hydrogen-bond donors (Lipinski definition) is 2. The molecule has 0 saturated heterocycles. The van der Waals surface area contributed by atoms with E-state index in [4.69, 9.17) is 5.73 Å². The molecule has 1 aromatic carbocycles. The first-order chi connectivity index (χ1) is 10.4. The van der Waals surface area contributed by atoms with Crippen molar-refractivity contribution in [2.75, 3.05) is 5.32 Å². The van der Waals surface area contributed by atoms with Crippen molar-refractivity contribution in [1.29, 1.82) is 0 Å². The molecule has 2 atom stereocenters. The number of halogens is 2. The molecule has 1 aliphatic rings. The maximum Gasteiger partial charge on any atom is 0.231 e. The quantitative estimate of drug-likeness (QED) is 0.889. The van der Waals surface area contributed by atoms with Gasteiger partial charge in [0.1, 0.15) is 0 Å². The zero-order valence-electron chi connectivity index (χ0n) is 12.2. The lowest BCUT2D eigenvalue weighted by Gasteiger charge is -2.36. The minimum atomic E-state index is -0.947. The number of rotatable bonds is 2. The largest absolute Gasteiger partial charge is 0.325 e. The zero-order valence-corrected chi connectivity index (χ0v) is 13.0. The summed E-state index contributed by atoms with van der Waals surface area (Å²) in [7, 11) is 0. The third-order valence-electron chi connectivity index (χ3n) is 4.23. The molecule has 1 saturated carbocycles. The van der Waals surface area contributed by atoms with Gasteiger partial charge in [0.25, 0.3) is 0 Å². The molecule has 2 unspecified atom stereocenters. The van der Waals surface area contributed by atoms with Crippen LogP contribution in [-0.4, -0.2) is 16.4 Å². The van der Waals surface area contributed by atoms with E-state index < -0.39 is 17.2 Å². The Morgan fingerprint density at radius 3 is 2.86 bits per heavy atom. The molecule has 3 rings (SSSR count). The summed E-state index contributed by atoms with van der Waals surface area (Å²) >= 11 is 1.12. The third kappa shape index (κ3) is 2.83. The van der Waals surface area contributed by atoms with Crippen molar-refractivity contribution in [3.05, 3.63) is 23.8 Å². The monoisotopic (exact) mass is 325 g/mol. The number of thiazole rings is 1. The van der Waals surface area contributed by atoms with Crippen LogP contribution in [0.15, 0.2) is 12.1 Å². The first-order valence-electron chi connectivity index (χ1n) is 7.22. The number of nitrogens with one attached hydrogen (secondary N) is 1. The van der Waals surface area contributed by atoms with Gasteiger partial charge >= 0.3 is 0 Å². The predicted octanol–water partition coefficient (Wildman–Crippen LogP) is 3.42. The molecule has 2 aromatic rings. The van der Waals surface area contributed by atoms with E-state index in [1.54, 1.807) is 0 Å². The van der Waals surface area contributed by atoms with Crippen molar-refractivity contribution in [3.63, 3.8) is 0 Å². The van der Waals surface area contributed by atoms with Crippen LogP contribution in [0, 0.1) is 17.6 Å². The highest BCUT2D eigenvalue weighted by Gasteiger charge is 2.38. The molecule has 1 aromatic heterocycles. The molecule has 7 heteroatoms. The summed E-state index contributed by atoms with van der Waals surface area (Å²) < 4.78 is 26.9. The summed E-state index contributed by atoms with van der Waals surface area (Å²) in [5.41, 5.74) is 6.02. The molecule has 0 radical (unpaired) electrons. The van der Waals surface area contributed by atoms with E-state index in [2.05, 4.69) is 10.3 Å². The van der Waals surface area contributed by atoms with Crippen LogP contribution < -0.4 is 11.1 Å². The van der Waals surface area contributed by atoms with Crippen LogP contribution in [0.25, 0.3) is 10.2 Å². The molecule has 118 valence electrons. The average Bonchev–Trinajstić information content (AvgIpc) is 2.79. The number of amides is 1. The summed E-state index contributed by atoms with van der Waals surface area (Å²) in [6.45, 7) is 1.89. The van der Waals surface area contributed by atoms with Gasteiger partial charge in [0, 0.05) is 11.6 Å². The van der Waals surface area contributed by atoms with E-state index in [9.17, 15) is 13.6 Å². The Labute approximate surface area is 130 Å². The van der Waals surface area contributed by atoms with Gasteiger partial charge < -0.3 is 11.1 Å². The summed E-state index contributed by atoms with van der Waals surface area (Å²) in [4.78, 5) is 16.6. The van der Waals surface area contributed by atoms with Gasteiger partial charge in [-0.05, 0) is 25.8 Å². The van der Waals surface area contributed by atoms with Gasteiger partial charge in [0.05, 0.1) is 16.1 Å². The second-order valence-corrected chi connectivity index (χ2v) is 7.08. The van der Waals surface area contributed by atoms with Crippen LogP contribution in [-0.2, 0) is 4.79 Å². The molecule has 1 amide bonds. The number of hydrogen-bond acceptors (Lipinski definition) is 4. The van der Waals surface area contributed by atoms with Crippen molar-refractivity contribution < 1.29 is 13.6 Å². The summed E-state index contributed by atoms with van der Waals surface area (Å²) in [6, 6.07) is 2.12. The lowest BCUT2D eigenvalue weighted by atomic mass is 9.74. The van der Waals surface area contributed by atoms with Crippen molar-refractivity contribution in [2.24, 2.45) is 11.7 Å². The number of aromatic nitrogens is 1. The van der Waals surface area contributed by atoms with Gasteiger partial charge in [0.15, 0.2) is 16.8 Å². The predicted molar refractivity (Wildman–Crippen MR) is 82.7 cm³/mol. The fourth-order valence-electron chi connectivity index (χ4n) is 2.96. The molecular weight excluding hydrogens is 308 g/mol. The SMILES string of the molecule is CC1(N)CCCCC1C(=O)Nc1nc2cc(F)c(F)cc2s1. The highest BCUT2D eigenvalue weighted by atomic mass is 32.1. The molecule has 0 spiro atoms. The standard InChI is InChI=1S/C15H17F2N3OS/c1-15(18)5-3-2-4-8(15)13(21)20-14-19-11-6-9(16)10(17)7-12(11)22-14/h6-8H,2-5,18H2,1H3,(H,19,20,21). The topological polar surface area (TPSA) is 68.0 Å². The van der Waals surface area contributed by atoms with Crippen LogP contribution in [0.1, 0.15) is 32.6 Å². The van der Waals surface area contributed by atoms with Crippen LogP contribution in [0.4, 0.5) is 13.9 Å². The fourth-order valence-corrected chi connectivity index (χ4v) is 3.83. The maximum absolute atomic E-state index is 13.2. The molecule has 0 aliphatic heterocycles. The molecular formula is C15H17F2N3OS. The average molecular weight is 325 g/mol. The summed E-state index contributed by atoms with van der Waals surface area (Å²) in [5.74, 6) is -2.32. The Hall–Kier alpha value is -1.60. The van der Waals surface area contributed by atoms with Crippen molar-refractivity contribution in [3.8, 4) is 0 Å². The number of fused-ring (bicyclic) bond motifs is 1. The fraction of sp³-hybridized carbons (Fsp3) is 0.467. The molecule has 0 bridgehead atoms. The third-order valence-corrected chi connectivity index (χ3v) is 5.17. The minimum absolute atomic E-state index is 0.176. The summed E-state index contributed by atoms with van der Waals surface area (Å²) in [6.07, 6.45) is 3.55. The Bertz CT molecular complexity index is 690. The number of anilines is 1. The van der Waals surface area contributed by atoms with E-state index in [1.165, 1.54) is 0 Å². The zero-order chi connectivity index (χ0) is 15.9. The smallest absolute Gasteiger partial charge is 0.231 e. The van der Waals surface area contributed by atoms with Gasteiger partial charge in [-0.3, -0.25) is 4.79 Å². The number of nitrogens with two attached hydrogens (primary N) is 1. The van der Waals surface area contributed by atoms with Crippen molar-refractivity contribution in [1.82, 2.24) is 4.98 Å².